The number of rotatable bonds is 7. The Hall–Kier alpha value is -4.02. The molecule has 0 aliphatic rings. The first-order valence-electron chi connectivity index (χ1n) is 11.9. The Morgan fingerprint density at radius 2 is 1.52 bits per heavy atom. The number of nitrogens with zero attached hydrogens (tertiary/aromatic N) is 2. The van der Waals surface area contributed by atoms with Crippen LogP contribution in [0.4, 0.5) is 22.4 Å². The van der Waals surface area contributed by atoms with Crippen LogP contribution >= 0.6 is 23.8 Å². The number of thiocarbonyl (C=S) groups is 1. The van der Waals surface area contributed by atoms with Gasteiger partial charge in [-0.1, -0.05) is 72.3 Å². The molecule has 1 heterocycles. The van der Waals surface area contributed by atoms with Crippen LogP contribution in [0.25, 0.3) is 0 Å². The van der Waals surface area contributed by atoms with Crippen molar-refractivity contribution in [1.82, 2.24) is 9.88 Å². The molecule has 1 unspecified atom stereocenters. The van der Waals surface area contributed by atoms with Crippen LogP contribution in [0.2, 0.25) is 5.02 Å². The summed E-state index contributed by atoms with van der Waals surface area (Å²) in [4.78, 5) is 18.9. The summed E-state index contributed by atoms with van der Waals surface area (Å²) in [6, 6.07) is 22.1. The van der Waals surface area contributed by atoms with Gasteiger partial charge in [-0.05, 0) is 59.2 Å². The Bertz CT molecular complexity index is 1490. The number of alkyl halides is 3. The predicted molar refractivity (Wildman–Crippen MR) is 147 cm³/mol. The van der Waals surface area contributed by atoms with Crippen molar-refractivity contribution in [1.29, 1.82) is 0 Å². The zero-order chi connectivity index (χ0) is 28.9. The van der Waals surface area contributed by atoms with E-state index in [0.717, 1.165) is 17.0 Å². The average Bonchev–Trinajstić information content (AvgIpc) is 2.92. The lowest BCUT2D eigenvalue weighted by molar-refractivity contribution is -0.137. The van der Waals surface area contributed by atoms with E-state index in [4.69, 9.17) is 34.3 Å². The fourth-order valence-electron chi connectivity index (χ4n) is 4.38. The van der Waals surface area contributed by atoms with Crippen LogP contribution in [0, 0.1) is 5.82 Å². The number of nitrogens with two attached hydrogens (primary N) is 1. The minimum Gasteiger partial charge on any atom is -0.444 e. The van der Waals surface area contributed by atoms with Gasteiger partial charge in [0, 0.05) is 12.6 Å². The van der Waals surface area contributed by atoms with Gasteiger partial charge in [0.05, 0.1) is 16.3 Å². The van der Waals surface area contributed by atoms with Crippen molar-refractivity contribution < 1.29 is 27.1 Å². The van der Waals surface area contributed by atoms with Crippen molar-refractivity contribution in [2.75, 3.05) is 0 Å². The van der Waals surface area contributed by atoms with Gasteiger partial charge >= 0.3 is 12.3 Å². The maximum atomic E-state index is 14.9. The molecule has 1 amide bonds. The van der Waals surface area contributed by atoms with Crippen LogP contribution in [0.1, 0.15) is 27.9 Å². The van der Waals surface area contributed by atoms with Crippen molar-refractivity contribution >= 4 is 35.0 Å². The fraction of sp³-hybridized carbons (Fsp3) is 0.138. The number of aromatic nitrogens is 1. The maximum Gasteiger partial charge on any atom is 0.417 e. The minimum atomic E-state index is -4.90. The van der Waals surface area contributed by atoms with Gasteiger partial charge in [-0.15, -0.1) is 0 Å². The molecule has 0 radical (unpaired) electrons. The van der Waals surface area contributed by atoms with Crippen LogP contribution in [0.3, 0.4) is 0 Å². The molecule has 2 N–H and O–H groups in total. The average molecular weight is 588 g/mol. The number of hydrogen-bond donors (Lipinski definition) is 1. The van der Waals surface area contributed by atoms with Crippen molar-refractivity contribution in [3.63, 3.8) is 0 Å². The Labute approximate surface area is 238 Å². The monoisotopic (exact) mass is 587 g/mol. The highest BCUT2D eigenvalue weighted by Crippen LogP contribution is 2.42. The highest BCUT2D eigenvalue weighted by Gasteiger charge is 2.48. The van der Waals surface area contributed by atoms with Crippen molar-refractivity contribution in [2.24, 2.45) is 5.73 Å². The third-order valence-corrected chi connectivity index (χ3v) is 6.55. The van der Waals surface area contributed by atoms with Gasteiger partial charge in [0.15, 0.2) is 5.11 Å². The third-order valence-electron chi connectivity index (χ3n) is 6.15. The van der Waals surface area contributed by atoms with E-state index in [1.807, 2.05) is 0 Å². The summed E-state index contributed by atoms with van der Waals surface area (Å²) in [6.07, 6.45) is -4.90. The van der Waals surface area contributed by atoms with Crippen molar-refractivity contribution in [3.8, 4) is 0 Å². The van der Waals surface area contributed by atoms with Gasteiger partial charge in [-0.3, -0.25) is 4.98 Å². The highest BCUT2D eigenvalue weighted by atomic mass is 35.5. The first kappa shape index (κ1) is 29.0. The number of ether oxygens (including phenoxy) is 1. The molecule has 3 aromatic carbocycles. The molecule has 4 rings (SSSR count). The summed E-state index contributed by atoms with van der Waals surface area (Å²) in [5.74, 6) is -1.18. The standard InChI is InChI=1S/C29H22ClF4N3O2S/c30-23-11-12-25(36-17-23)28(16-19-7-3-1-4-8-19,21-13-22(29(32,33)34)15-24(31)14-21)37(26(35)40)27(38)39-18-20-9-5-2-6-10-20/h1-15,17H,16,18H2,(H2,35,40). The molecule has 206 valence electrons. The molecule has 0 aliphatic carbocycles. The molecule has 4 aromatic rings. The van der Waals surface area contributed by atoms with E-state index in [9.17, 15) is 22.4 Å². The maximum absolute atomic E-state index is 14.9. The first-order valence-corrected chi connectivity index (χ1v) is 12.6. The normalized spacial score (nSPS) is 12.8. The number of halogens is 5. The van der Waals surface area contributed by atoms with Gasteiger partial charge in [0.1, 0.15) is 18.0 Å². The highest BCUT2D eigenvalue weighted by molar-refractivity contribution is 7.80. The molecule has 1 atom stereocenters. The summed E-state index contributed by atoms with van der Waals surface area (Å²) >= 11 is 11.4. The summed E-state index contributed by atoms with van der Waals surface area (Å²) < 4.78 is 62.1. The number of benzene rings is 3. The van der Waals surface area contributed by atoms with E-state index in [0.29, 0.717) is 17.2 Å². The molecular weight excluding hydrogens is 566 g/mol. The summed E-state index contributed by atoms with van der Waals surface area (Å²) in [5, 5.41) is -0.301. The summed E-state index contributed by atoms with van der Waals surface area (Å²) in [5.41, 5.74) is 3.81. The van der Waals surface area contributed by atoms with Gasteiger partial charge in [0.25, 0.3) is 0 Å². The molecular formula is C29H22ClF4N3O2S. The SMILES string of the molecule is NC(=S)N(C(=O)OCc1ccccc1)C(Cc1ccccc1)(c1cc(F)cc(C(F)(F)F)c1)c1ccc(Cl)cn1. The third kappa shape index (κ3) is 6.40. The van der Waals surface area contributed by atoms with Gasteiger partial charge in [0.2, 0.25) is 0 Å². The predicted octanol–water partition coefficient (Wildman–Crippen LogP) is 7.26. The lowest BCUT2D eigenvalue weighted by Crippen LogP contribution is -2.57. The molecule has 0 aliphatic heterocycles. The molecule has 1 aromatic heterocycles. The number of carbonyl (C=O) groups excluding carboxylic acids is 1. The molecule has 0 saturated carbocycles. The van der Waals surface area contributed by atoms with Crippen LogP contribution in [-0.2, 0) is 29.5 Å². The van der Waals surface area contributed by atoms with E-state index >= 15 is 0 Å². The first-order chi connectivity index (χ1) is 19.0. The van der Waals surface area contributed by atoms with Crippen LogP contribution in [0.5, 0.6) is 0 Å². The van der Waals surface area contributed by atoms with E-state index in [2.05, 4.69) is 4.98 Å². The molecule has 0 bridgehead atoms. The Morgan fingerprint density at radius 3 is 2.08 bits per heavy atom. The largest absolute Gasteiger partial charge is 0.444 e. The van der Waals surface area contributed by atoms with Gasteiger partial charge in [-0.25, -0.2) is 14.1 Å². The topological polar surface area (TPSA) is 68.5 Å². The minimum absolute atomic E-state index is 0.0314. The van der Waals surface area contributed by atoms with E-state index in [1.54, 1.807) is 60.7 Å². The van der Waals surface area contributed by atoms with E-state index in [1.165, 1.54) is 18.3 Å². The van der Waals surface area contributed by atoms with E-state index in [-0.39, 0.29) is 29.3 Å². The molecule has 0 fully saturated rings. The summed E-state index contributed by atoms with van der Waals surface area (Å²) in [7, 11) is 0. The van der Waals surface area contributed by atoms with Crippen LogP contribution in [0.15, 0.2) is 97.2 Å². The van der Waals surface area contributed by atoms with Crippen molar-refractivity contribution in [3.05, 3.63) is 136 Å². The summed E-state index contributed by atoms with van der Waals surface area (Å²) in [6.45, 7) is -0.189. The number of hydrogen-bond acceptors (Lipinski definition) is 4. The molecule has 0 saturated heterocycles. The molecule has 11 heteroatoms. The van der Waals surface area contributed by atoms with Gasteiger partial charge in [-0.2, -0.15) is 13.2 Å². The number of pyridine rings is 1. The second kappa shape index (κ2) is 12.0. The Morgan fingerprint density at radius 1 is 0.925 bits per heavy atom. The molecule has 0 spiro atoms. The Kier molecular flexibility index (Phi) is 8.70. The molecule has 5 nitrogen and oxygen atoms in total. The number of amides is 1. The lowest BCUT2D eigenvalue weighted by atomic mass is 9.78. The van der Waals surface area contributed by atoms with Gasteiger partial charge < -0.3 is 10.5 Å². The van der Waals surface area contributed by atoms with E-state index < -0.39 is 34.3 Å². The quantitative estimate of drug-likeness (QED) is 0.182. The zero-order valence-corrected chi connectivity index (χ0v) is 22.3. The van der Waals surface area contributed by atoms with Crippen molar-refractivity contribution in [2.45, 2.75) is 24.7 Å². The smallest absolute Gasteiger partial charge is 0.417 e. The molecule has 40 heavy (non-hydrogen) atoms. The Balaban J connectivity index is 1.99. The second-order valence-electron chi connectivity index (χ2n) is 8.82. The second-order valence-corrected chi connectivity index (χ2v) is 9.68. The fourth-order valence-corrected chi connectivity index (χ4v) is 4.73. The van der Waals surface area contributed by atoms with Crippen LogP contribution < -0.4 is 5.73 Å². The lowest BCUT2D eigenvalue weighted by Gasteiger charge is -2.42. The van der Waals surface area contributed by atoms with Crippen LogP contribution in [-0.4, -0.2) is 21.1 Å². The zero-order valence-electron chi connectivity index (χ0n) is 20.7. The number of carbonyl (C=O) groups is 1.